The van der Waals surface area contributed by atoms with E-state index < -0.39 is 0 Å². The Hall–Kier alpha value is -0.120. The quantitative estimate of drug-likeness (QED) is 0.850. The van der Waals surface area contributed by atoms with Crippen LogP contribution in [-0.2, 0) is 4.74 Å². The number of fused-ring (bicyclic) bond motifs is 1. The normalized spacial score (nSPS) is 42.7. The second kappa shape index (κ2) is 5.21. The highest BCUT2D eigenvalue weighted by Crippen LogP contribution is 2.50. The third-order valence-corrected chi connectivity index (χ3v) is 6.60. The van der Waals surface area contributed by atoms with Gasteiger partial charge in [0.1, 0.15) is 0 Å². The van der Waals surface area contributed by atoms with E-state index in [0.717, 1.165) is 18.3 Å². The Kier molecular flexibility index (Phi) is 3.91. The molecule has 3 atom stereocenters. The minimum atomic E-state index is -0.160. The predicted molar refractivity (Wildman–Crippen MR) is 87.3 cm³/mol. The van der Waals surface area contributed by atoms with Gasteiger partial charge in [-0.2, -0.15) is 0 Å². The van der Waals surface area contributed by atoms with Gasteiger partial charge in [0.25, 0.3) is 0 Å². The molecule has 3 fully saturated rings. The maximum atomic E-state index is 6.41. The number of ether oxygens (including phenoxy) is 1. The zero-order valence-corrected chi connectivity index (χ0v) is 14.5. The summed E-state index contributed by atoms with van der Waals surface area (Å²) in [6, 6.07) is 0. The fourth-order valence-electron chi connectivity index (χ4n) is 5.67. The highest BCUT2D eigenvalue weighted by atomic mass is 16.5. The topological polar surface area (TPSA) is 38.5 Å². The molecule has 2 aliphatic heterocycles. The van der Waals surface area contributed by atoms with Crippen LogP contribution in [0.2, 0.25) is 0 Å². The minimum absolute atomic E-state index is 0.0128. The third kappa shape index (κ3) is 2.55. The number of hydrogen-bond donors (Lipinski definition) is 1. The monoisotopic (exact) mass is 294 g/mol. The number of likely N-dealkylation sites (tertiary alicyclic amines) is 1. The van der Waals surface area contributed by atoms with E-state index >= 15 is 0 Å². The largest absolute Gasteiger partial charge is 0.368 e. The van der Waals surface area contributed by atoms with Gasteiger partial charge in [-0.25, -0.2) is 0 Å². The zero-order valence-electron chi connectivity index (χ0n) is 14.5. The van der Waals surface area contributed by atoms with Crippen LogP contribution in [-0.4, -0.2) is 41.3 Å². The van der Waals surface area contributed by atoms with Crippen molar-refractivity contribution in [2.24, 2.45) is 17.6 Å². The van der Waals surface area contributed by atoms with E-state index in [2.05, 4.69) is 32.6 Å². The summed E-state index contributed by atoms with van der Waals surface area (Å²) in [7, 11) is 0. The van der Waals surface area contributed by atoms with Crippen LogP contribution in [0.5, 0.6) is 0 Å². The Morgan fingerprint density at radius 2 is 1.71 bits per heavy atom. The number of nitrogens with zero attached hydrogens (tertiary/aromatic N) is 1. The standard InChI is InChI=1S/C18H34N2O/c1-16(2)12-18(13-19,17(3,4)21-16)20-10-9-14-7-5-6-8-15(14)11-20/h14-15H,5-13,19H2,1-4H3. The Balaban J connectivity index is 1.83. The van der Waals surface area contributed by atoms with Crippen LogP contribution >= 0.6 is 0 Å². The van der Waals surface area contributed by atoms with Gasteiger partial charge in [0.05, 0.1) is 16.7 Å². The molecule has 0 spiro atoms. The molecule has 1 aliphatic carbocycles. The van der Waals surface area contributed by atoms with Crippen molar-refractivity contribution in [3.05, 3.63) is 0 Å². The van der Waals surface area contributed by atoms with Crippen molar-refractivity contribution in [3.63, 3.8) is 0 Å². The lowest BCUT2D eigenvalue weighted by atomic mass is 9.71. The van der Waals surface area contributed by atoms with Gasteiger partial charge in [0.2, 0.25) is 0 Å². The lowest BCUT2D eigenvalue weighted by Crippen LogP contribution is -2.66. The van der Waals surface area contributed by atoms with Crippen LogP contribution in [0.3, 0.4) is 0 Å². The fourth-order valence-corrected chi connectivity index (χ4v) is 5.67. The van der Waals surface area contributed by atoms with Crippen molar-refractivity contribution in [2.75, 3.05) is 19.6 Å². The van der Waals surface area contributed by atoms with Gasteiger partial charge in [-0.15, -0.1) is 0 Å². The summed E-state index contributed by atoms with van der Waals surface area (Å²) >= 11 is 0. The van der Waals surface area contributed by atoms with Crippen LogP contribution in [0.15, 0.2) is 0 Å². The average Bonchev–Trinajstić information content (AvgIpc) is 2.63. The lowest BCUT2D eigenvalue weighted by Gasteiger charge is -2.53. The number of nitrogens with two attached hydrogens (primary N) is 1. The molecule has 0 radical (unpaired) electrons. The molecule has 3 rings (SSSR count). The molecule has 122 valence electrons. The molecule has 3 aliphatic rings. The maximum absolute atomic E-state index is 6.41. The molecule has 0 amide bonds. The Morgan fingerprint density at radius 3 is 2.29 bits per heavy atom. The van der Waals surface area contributed by atoms with E-state index in [9.17, 15) is 0 Å². The van der Waals surface area contributed by atoms with Crippen molar-refractivity contribution in [1.82, 2.24) is 4.90 Å². The second-order valence-corrected chi connectivity index (χ2v) is 8.82. The first-order chi connectivity index (χ1) is 9.80. The first kappa shape index (κ1) is 15.8. The van der Waals surface area contributed by atoms with Crippen molar-refractivity contribution in [2.45, 2.75) is 83.0 Å². The molecule has 0 bridgehead atoms. The van der Waals surface area contributed by atoms with E-state index in [1.165, 1.54) is 45.2 Å². The highest BCUT2D eigenvalue weighted by Gasteiger charge is 2.60. The fraction of sp³-hybridized carbons (Fsp3) is 1.00. The molecule has 2 heterocycles. The van der Waals surface area contributed by atoms with Gasteiger partial charge in [-0.1, -0.05) is 19.3 Å². The molecular weight excluding hydrogens is 260 g/mol. The molecule has 1 saturated carbocycles. The lowest BCUT2D eigenvalue weighted by molar-refractivity contribution is -0.114. The molecular formula is C18H34N2O. The van der Waals surface area contributed by atoms with E-state index in [1.807, 2.05) is 0 Å². The highest BCUT2D eigenvalue weighted by molar-refractivity contribution is 5.14. The number of piperidine rings is 1. The molecule has 3 nitrogen and oxygen atoms in total. The van der Waals surface area contributed by atoms with Gasteiger partial charge < -0.3 is 10.5 Å². The summed E-state index contributed by atoms with van der Waals surface area (Å²) in [5, 5.41) is 0. The van der Waals surface area contributed by atoms with Gasteiger partial charge in [-0.05, 0) is 65.3 Å². The minimum Gasteiger partial charge on any atom is -0.368 e. The summed E-state index contributed by atoms with van der Waals surface area (Å²) in [4.78, 5) is 2.72. The average molecular weight is 294 g/mol. The molecule has 0 aromatic carbocycles. The summed E-state index contributed by atoms with van der Waals surface area (Å²) in [6.07, 6.45) is 8.18. The van der Waals surface area contributed by atoms with Crippen LogP contribution in [0.25, 0.3) is 0 Å². The first-order valence-electron chi connectivity index (χ1n) is 8.95. The van der Waals surface area contributed by atoms with Crippen molar-refractivity contribution < 1.29 is 4.74 Å². The Labute approximate surface area is 130 Å². The van der Waals surface area contributed by atoms with Crippen molar-refractivity contribution in [1.29, 1.82) is 0 Å². The molecule has 3 heteroatoms. The van der Waals surface area contributed by atoms with Gasteiger partial charge in [0, 0.05) is 13.1 Å². The van der Waals surface area contributed by atoms with Gasteiger partial charge >= 0.3 is 0 Å². The van der Waals surface area contributed by atoms with Gasteiger partial charge in [-0.3, -0.25) is 4.90 Å². The molecule has 3 unspecified atom stereocenters. The molecule has 2 saturated heterocycles. The molecule has 0 aromatic rings. The van der Waals surface area contributed by atoms with Crippen molar-refractivity contribution in [3.8, 4) is 0 Å². The van der Waals surface area contributed by atoms with Crippen LogP contribution < -0.4 is 5.73 Å². The number of rotatable bonds is 2. The predicted octanol–water partition coefficient (Wildman–Crippen LogP) is 3.17. The molecule has 0 aromatic heterocycles. The second-order valence-electron chi connectivity index (χ2n) is 8.82. The van der Waals surface area contributed by atoms with E-state index in [0.29, 0.717) is 6.54 Å². The first-order valence-corrected chi connectivity index (χ1v) is 8.95. The third-order valence-electron chi connectivity index (χ3n) is 6.60. The zero-order chi connectivity index (χ0) is 15.3. The maximum Gasteiger partial charge on any atom is 0.0830 e. The van der Waals surface area contributed by atoms with E-state index in [4.69, 9.17) is 10.5 Å². The molecule has 21 heavy (non-hydrogen) atoms. The van der Waals surface area contributed by atoms with E-state index in [1.54, 1.807) is 0 Å². The SMILES string of the molecule is CC1(C)CC(CN)(N2CCC3CCCCC3C2)C(C)(C)O1. The van der Waals surface area contributed by atoms with Crippen LogP contribution in [0, 0.1) is 11.8 Å². The molecule has 2 N–H and O–H groups in total. The number of hydrogen-bond acceptors (Lipinski definition) is 3. The summed E-state index contributed by atoms with van der Waals surface area (Å²) in [6.45, 7) is 12.1. The Morgan fingerprint density at radius 1 is 1.05 bits per heavy atom. The summed E-state index contributed by atoms with van der Waals surface area (Å²) in [5.41, 5.74) is 6.13. The summed E-state index contributed by atoms with van der Waals surface area (Å²) < 4.78 is 6.41. The van der Waals surface area contributed by atoms with E-state index in [-0.39, 0.29) is 16.7 Å². The van der Waals surface area contributed by atoms with Crippen LogP contribution in [0.4, 0.5) is 0 Å². The van der Waals surface area contributed by atoms with Crippen LogP contribution in [0.1, 0.15) is 66.2 Å². The van der Waals surface area contributed by atoms with Gasteiger partial charge in [0.15, 0.2) is 0 Å². The smallest absolute Gasteiger partial charge is 0.0830 e. The summed E-state index contributed by atoms with van der Waals surface area (Å²) in [5.74, 6) is 1.87. The Bertz CT molecular complexity index is 393. The van der Waals surface area contributed by atoms with Crippen molar-refractivity contribution >= 4 is 0 Å².